The summed E-state index contributed by atoms with van der Waals surface area (Å²) in [4.78, 5) is 25.2. The summed E-state index contributed by atoms with van der Waals surface area (Å²) in [7, 11) is 0. The Morgan fingerprint density at radius 2 is 2.00 bits per heavy atom. The molecule has 0 N–H and O–H groups in total. The number of halogens is 1. The van der Waals surface area contributed by atoms with Gasteiger partial charge in [0.25, 0.3) is 0 Å². The standard InChI is InChI=1S/C19H21ClN6O/c1-2-4-17(27)24-7-9-25(10-8-24)18-16-12-23-26(19(16)22-13-21-18)15-6-3-5-14(20)11-15/h3,5-6,11-13H,2,4,7-10H2,1H3. The fourth-order valence-corrected chi connectivity index (χ4v) is 3.60. The number of fused-ring (bicyclic) bond motifs is 1. The molecule has 0 bridgehead atoms. The van der Waals surface area contributed by atoms with E-state index in [-0.39, 0.29) is 5.91 Å². The fourth-order valence-electron chi connectivity index (χ4n) is 3.42. The molecule has 2 aromatic heterocycles. The summed E-state index contributed by atoms with van der Waals surface area (Å²) < 4.78 is 1.77. The maximum absolute atomic E-state index is 12.1. The second kappa shape index (κ2) is 7.52. The predicted octanol–water partition coefficient (Wildman–Crippen LogP) is 2.92. The number of anilines is 1. The summed E-state index contributed by atoms with van der Waals surface area (Å²) in [6.45, 7) is 4.97. The lowest BCUT2D eigenvalue weighted by molar-refractivity contribution is -0.131. The van der Waals surface area contributed by atoms with Crippen LogP contribution in [-0.2, 0) is 4.79 Å². The highest BCUT2D eigenvalue weighted by Crippen LogP contribution is 2.26. The average Bonchev–Trinajstić information content (AvgIpc) is 3.12. The monoisotopic (exact) mass is 384 g/mol. The molecule has 1 amide bonds. The molecular formula is C19H21ClN6O. The lowest BCUT2D eigenvalue weighted by Crippen LogP contribution is -2.49. The van der Waals surface area contributed by atoms with Crippen LogP contribution in [0.2, 0.25) is 5.02 Å². The summed E-state index contributed by atoms with van der Waals surface area (Å²) in [6.07, 6.45) is 4.85. The summed E-state index contributed by atoms with van der Waals surface area (Å²) in [5, 5.41) is 6.04. The van der Waals surface area contributed by atoms with E-state index < -0.39 is 0 Å². The van der Waals surface area contributed by atoms with Crippen LogP contribution in [0, 0.1) is 0 Å². The van der Waals surface area contributed by atoms with Crippen LogP contribution in [0.4, 0.5) is 5.82 Å². The van der Waals surface area contributed by atoms with Gasteiger partial charge in [-0.25, -0.2) is 14.6 Å². The Balaban J connectivity index is 1.60. The van der Waals surface area contributed by atoms with E-state index >= 15 is 0 Å². The van der Waals surface area contributed by atoms with Gasteiger partial charge in [0.2, 0.25) is 5.91 Å². The highest BCUT2D eigenvalue weighted by molar-refractivity contribution is 6.30. The second-order valence-electron chi connectivity index (χ2n) is 6.59. The van der Waals surface area contributed by atoms with E-state index in [1.165, 1.54) is 0 Å². The van der Waals surface area contributed by atoms with Gasteiger partial charge in [0.1, 0.15) is 12.1 Å². The smallest absolute Gasteiger partial charge is 0.222 e. The predicted molar refractivity (Wildman–Crippen MR) is 105 cm³/mol. The lowest BCUT2D eigenvalue weighted by Gasteiger charge is -2.35. The first-order valence-corrected chi connectivity index (χ1v) is 9.52. The van der Waals surface area contributed by atoms with Gasteiger partial charge in [-0.2, -0.15) is 5.10 Å². The number of benzene rings is 1. The Morgan fingerprint density at radius 1 is 1.19 bits per heavy atom. The molecule has 1 aliphatic rings. The normalized spacial score (nSPS) is 14.7. The molecule has 8 heteroatoms. The Bertz CT molecular complexity index is 964. The maximum Gasteiger partial charge on any atom is 0.222 e. The zero-order chi connectivity index (χ0) is 18.8. The molecular weight excluding hydrogens is 364 g/mol. The van der Waals surface area contributed by atoms with Crippen LogP contribution in [-0.4, -0.2) is 56.7 Å². The zero-order valence-electron chi connectivity index (χ0n) is 15.2. The molecule has 0 atom stereocenters. The molecule has 0 radical (unpaired) electrons. The number of hydrogen-bond donors (Lipinski definition) is 0. The van der Waals surface area contributed by atoms with Gasteiger partial charge < -0.3 is 9.80 Å². The third kappa shape index (κ3) is 3.47. The Labute approximate surface area is 162 Å². The minimum absolute atomic E-state index is 0.235. The third-order valence-electron chi connectivity index (χ3n) is 4.79. The highest BCUT2D eigenvalue weighted by atomic mass is 35.5. The number of carbonyl (C=O) groups excluding carboxylic acids is 1. The van der Waals surface area contributed by atoms with E-state index in [0.717, 1.165) is 42.0 Å². The van der Waals surface area contributed by atoms with Gasteiger partial charge >= 0.3 is 0 Å². The van der Waals surface area contributed by atoms with Crippen LogP contribution in [0.3, 0.4) is 0 Å². The van der Waals surface area contributed by atoms with Gasteiger partial charge in [0, 0.05) is 37.6 Å². The molecule has 140 valence electrons. The van der Waals surface area contributed by atoms with Crippen molar-refractivity contribution >= 4 is 34.4 Å². The van der Waals surface area contributed by atoms with Crippen LogP contribution in [0.1, 0.15) is 19.8 Å². The van der Waals surface area contributed by atoms with Crippen LogP contribution in [0.15, 0.2) is 36.8 Å². The molecule has 0 aliphatic carbocycles. The Kier molecular flexibility index (Phi) is 4.94. The van der Waals surface area contributed by atoms with Gasteiger partial charge in [-0.15, -0.1) is 0 Å². The summed E-state index contributed by atoms with van der Waals surface area (Å²) >= 11 is 6.11. The zero-order valence-corrected chi connectivity index (χ0v) is 15.9. The summed E-state index contributed by atoms with van der Waals surface area (Å²) in [5.74, 6) is 1.09. The first-order chi connectivity index (χ1) is 13.2. The molecule has 1 saturated heterocycles. The van der Waals surface area contributed by atoms with Gasteiger partial charge in [-0.1, -0.05) is 24.6 Å². The van der Waals surface area contributed by atoms with E-state index in [2.05, 4.69) is 20.0 Å². The molecule has 0 spiro atoms. The van der Waals surface area contributed by atoms with Crippen molar-refractivity contribution in [3.8, 4) is 5.69 Å². The molecule has 1 aliphatic heterocycles. The number of rotatable bonds is 4. The molecule has 4 rings (SSSR count). The van der Waals surface area contributed by atoms with E-state index in [9.17, 15) is 4.79 Å². The Hall–Kier alpha value is -2.67. The van der Waals surface area contributed by atoms with E-state index in [0.29, 0.717) is 24.5 Å². The van der Waals surface area contributed by atoms with E-state index in [1.807, 2.05) is 36.1 Å². The summed E-state index contributed by atoms with van der Waals surface area (Å²) in [5.41, 5.74) is 1.60. The van der Waals surface area contributed by atoms with Gasteiger partial charge in [-0.3, -0.25) is 4.79 Å². The maximum atomic E-state index is 12.1. The third-order valence-corrected chi connectivity index (χ3v) is 5.03. The van der Waals surface area contributed by atoms with Gasteiger partial charge in [0.05, 0.1) is 17.3 Å². The number of hydrogen-bond acceptors (Lipinski definition) is 5. The van der Waals surface area contributed by atoms with Crippen molar-refractivity contribution in [1.82, 2.24) is 24.6 Å². The number of nitrogens with zero attached hydrogens (tertiary/aromatic N) is 6. The van der Waals surface area contributed by atoms with Crippen LogP contribution < -0.4 is 4.90 Å². The van der Waals surface area contributed by atoms with Crippen molar-refractivity contribution in [2.24, 2.45) is 0 Å². The topological polar surface area (TPSA) is 67.2 Å². The first-order valence-electron chi connectivity index (χ1n) is 9.14. The van der Waals surface area contributed by atoms with Crippen molar-refractivity contribution in [3.05, 3.63) is 41.8 Å². The number of piperazine rings is 1. The molecule has 27 heavy (non-hydrogen) atoms. The SMILES string of the molecule is CCCC(=O)N1CCN(c2ncnc3c2cnn3-c2cccc(Cl)c2)CC1. The number of aromatic nitrogens is 4. The van der Waals surface area contributed by atoms with Gasteiger partial charge in [0.15, 0.2) is 5.65 Å². The molecule has 3 heterocycles. The van der Waals surface area contributed by atoms with E-state index in [1.54, 1.807) is 17.2 Å². The average molecular weight is 385 g/mol. The van der Waals surface area contributed by atoms with Crippen molar-refractivity contribution in [2.45, 2.75) is 19.8 Å². The molecule has 0 unspecified atom stereocenters. The Morgan fingerprint density at radius 3 is 2.74 bits per heavy atom. The molecule has 0 saturated carbocycles. The molecule has 3 aromatic rings. The van der Waals surface area contributed by atoms with Crippen LogP contribution >= 0.6 is 11.6 Å². The van der Waals surface area contributed by atoms with Crippen LogP contribution in [0.5, 0.6) is 0 Å². The van der Waals surface area contributed by atoms with Crippen molar-refractivity contribution in [2.75, 3.05) is 31.1 Å². The van der Waals surface area contributed by atoms with Crippen molar-refractivity contribution < 1.29 is 4.79 Å². The molecule has 7 nitrogen and oxygen atoms in total. The van der Waals surface area contributed by atoms with Crippen LogP contribution in [0.25, 0.3) is 16.7 Å². The molecule has 1 aromatic carbocycles. The quantitative estimate of drug-likeness (QED) is 0.691. The van der Waals surface area contributed by atoms with Gasteiger partial charge in [-0.05, 0) is 24.6 Å². The minimum Gasteiger partial charge on any atom is -0.352 e. The minimum atomic E-state index is 0.235. The second-order valence-corrected chi connectivity index (χ2v) is 7.03. The van der Waals surface area contributed by atoms with E-state index in [4.69, 9.17) is 11.6 Å². The first kappa shape index (κ1) is 17.7. The fraction of sp³-hybridized carbons (Fsp3) is 0.368. The number of carbonyl (C=O) groups is 1. The van der Waals surface area contributed by atoms with Crippen molar-refractivity contribution in [3.63, 3.8) is 0 Å². The number of amides is 1. The largest absolute Gasteiger partial charge is 0.352 e. The summed E-state index contributed by atoms with van der Waals surface area (Å²) in [6, 6.07) is 7.52. The lowest BCUT2D eigenvalue weighted by atomic mass is 10.2. The highest BCUT2D eigenvalue weighted by Gasteiger charge is 2.23. The molecule has 1 fully saturated rings. The van der Waals surface area contributed by atoms with Crippen molar-refractivity contribution in [1.29, 1.82) is 0 Å².